The first-order valence-corrected chi connectivity index (χ1v) is 9.65. The molecule has 27 heavy (non-hydrogen) atoms. The first-order valence-electron chi connectivity index (χ1n) is 9.65. The van der Waals surface area contributed by atoms with Gasteiger partial charge in [0.05, 0.1) is 6.10 Å². The van der Waals surface area contributed by atoms with E-state index < -0.39 is 6.10 Å². The zero-order chi connectivity index (χ0) is 18.8. The third kappa shape index (κ3) is 3.36. The van der Waals surface area contributed by atoms with Crippen molar-refractivity contribution in [3.63, 3.8) is 0 Å². The molecule has 2 atom stereocenters. The summed E-state index contributed by atoms with van der Waals surface area (Å²) in [6, 6.07) is 25.1. The lowest BCUT2D eigenvalue weighted by atomic mass is 10.0. The summed E-state index contributed by atoms with van der Waals surface area (Å²) >= 11 is 0. The number of hydrogen-bond donors (Lipinski definition) is 2. The lowest BCUT2D eigenvalue weighted by molar-refractivity contribution is 0.135. The van der Waals surface area contributed by atoms with E-state index in [0.29, 0.717) is 0 Å². The molecule has 0 aliphatic carbocycles. The number of benzene rings is 3. The Morgan fingerprint density at radius 2 is 1.59 bits per heavy atom. The fraction of sp³-hybridized carbons (Fsp3) is 0.250. The smallest absolute Gasteiger partial charge is 0.0940 e. The summed E-state index contributed by atoms with van der Waals surface area (Å²) in [6.07, 6.45) is -0.517. The third-order valence-electron chi connectivity index (χ3n) is 5.40. The van der Waals surface area contributed by atoms with Crippen LogP contribution in [0.3, 0.4) is 0 Å². The van der Waals surface area contributed by atoms with E-state index in [1.807, 2.05) is 37.3 Å². The topological polar surface area (TPSA) is 37.2 Å². The minimum atomic E-state index is -0.517. The minimum absolute atomic E-state index is 0.0277. The van der Waals surface area contributed by atoms with Gasteiger partial charge in [-0.3, -0.25) is 0 Å². The maximum atomic E-state index is 10.5. The van der Waals surface area contributed by atoms with Gasteiger partial charge >= 0.3 is 0 Å². The molecule has 2 unspecified atom stereocenters. The van der Waals surface area contributed by atoms with Crippen molar-refractivity contribution in [2.75, 3.05) is 0 Å². The number of aliphatic hydroxyl groups excluding tert-OH is 1. The second-order valence-corrected chi connectivity index (χ2v) is 7.14. The van der Waals surface area contributed by atoms with Gasteiger partial charge in [0.1, 0.15) is 0 Å². The van der Waals surface area contributed by atoms with Gasteiger partial charge in [0.25, 0.3) is 0 Å². The Kier molecular flexibility index (Phi) is 4.97. The number of hydrogen-bond acceptors (Lipinski definition) is 2. The number of aryl methyl sites for hydroxylation is 1. The van der Waals surface area contributed by atoms with Crippen molar-refractivity contribution in [1.29, 1.82) is 0 Å². The van der Waals surface area contributed by atoms with E-state index >= 15 is 0 Å². The molecule has 0 aliphatic heterocycles. The summed E-state index contributed by atoms with van der Waals surface area (Å²) in [5.41, 5.74) is 4.74. The second kappa shape index (κ2) is 7.55. The molecule has 0 fully saturated rings. The highest BCUT2D eigenvalue weighted by Gasteiger charge is 2.16. The molecule has 0 amide bonds. The summed E-state index contributed by atoms with van der Waals surface area (Å²) in [5.74, 6) is 0. The Hall–Kier alpha value is -2.62. The molecule has 0 bridgehead atoms. The van der Waals surface area contributed by atoms with Crippen LogP contribution in [0.2, 0.25) is 0 Å². The van der Waals surface area contributed by atoms with Crippen LogP contribution >= 0.6 is 0 Å². The Bertz CT molecular complexity index is 1050. The predicted molar refractivity (Wildman–Crippen MR) is 113 cm³/mol. The number of rotatable bonds is 6. The standard InChI is InChI=1S/C24H26N2O/c1-3-26-22-12-8-7-11-20(22)21-15-18(13-14-23(21)26)16-25-17(2)24(27)19-9-5-4-6-10-19/h4-15,17,24-25,27H,3,16H2,1-2H3. The predicted octanol–water partition coefficient (Wildman–Crippen LogP) is 5.03. The van der Waals surface area contributed by atoms with Gasteiger partial charge in [-0.25, -0.2) is 0 Å². The molecule has 0 aliphatic rings. The minimum Gasteiger partial charge on any atom is -0.387 e. The first kappa shape index (κ1) is 17.8. The van der Waals surface area contributed by atoms with Gasteiger partial charge in [0.15, 0.2) is 0 Å². The number of nitrogens with one attached hydrogen (secondary N) is 1. The highest BCUT2D eigenvalue weighted by atomic mass is 16.3. The molecule has 0 spiro atoms. The number of aromatic nitrogens is 1. The van der Waals surface area contributed by atoms with Crippen LogP contribution in [0.15, 0.2) is 72.8 Å². The number of fused-ring (bicyclic) bond motifs is 3. The fourth-order valence-corrected chi connectivity index (χ4v) is 3.88. The maximum Gasteiger partial charge on any atom is 0.0940 e. The molecule has 3 nitrogen and oxygen atoms in total. The van der Waals surface area contributed by atoms with Gasteiger partial charge in [-0.15, -0.1) is 0 Å². The van der Waals surface area contributed by atoms with Crippen LogP contribution in [0.25, 0.3) is 21.8 Å². The Labute approximate surface area is 160 Å². The normalized spacial score (nSPS) is 13.9. The maximum absolute atomic E-state index is 10.5. The van der Waals surface area contributed by atoms with E-state index in [9.17, 15) is 5.11 Å². The zero-order valence-corrected chi connectivity index (χ0v) is 15.9. The molecule has 1 heterocycles. The quantitative estimate of drug-likeness (QED) is 0.507. The van der Waals surface area contributed by atoms with E-state index in [4.69, 9.17) is 0 Å². The van der Waals surface area contributed by atoms with Crippen LogP contribution < -0.4 is 5.32 Å². The van der Waals surface area contributed by atoms with Crippen LogP contribution in [0.5, 0.6) is 0 Å². The van der Waals surface area contributed by atoms with E-state index in [1.165, 1.54) is 27.4 Å². The first-order chi connectivity index (χ1) is 13.2. The highest BCUT2D eigenvalue weighted by molar-refractivity contribution is 6.08. The van der Waals surface area contributed by atoms with E-state index in [1.54, 1.807) is 0 Å². The lowest BCUT2D eigenvalue weighted by Gasteiger charge is -2.20. The molecule has 0 saturated carbocycles. The summed E-state index contributed by atoms with van der Waals surface area (Å²) in [6.45, 7) is 5.90. The van der Waals surface area contributed by atoms with E-state index in [2.05, 4.69) is 59.3 Å². The van der Waals surface area contributed by atoms with Crippen molar-refractivity contribution in [2.24, 2.45) is 0 Å². The number of nitrogens with zero attached hydrogens (tertiary/aromatic N) is 1. The van der Waals surface area contributed by atoms with Crippen molar-refractivity contribution in [2.45, 2.75) is 39.1 Å². The average Bonchev–Trinajstić information content (AvgIpc) is 3.05. The van der Waals surface area contributed by atoms with Gasteiger partial charge < -0.3 is 15.0 Å². The third-order valence-corrected chi connectivity index (χ3v) is 5.40. The fourth-order valence-electron chi connectivity index (χ4n) is 3.88. The molecule has 138 valence electrons. The molecular weight excluding hydrogens is 332 g/mol. The van der Waals surface area contributed by atoms with Gasteiger partial charge in [0.2, 0.25) is 0 Å². The van der Waals surface area contributed by atoms with Crippen molar-refractivity contribution in [3.8, 4) is 0 Å². The SMILES string of the molecule is CCn1c2ccccc2c2cc(CNC(C)C(O)c3ccccc3)ccc21. The lowest BCUT2D eigenvalue weighted by Crippen LogP contribution is -2.31. The summed E-state index contributed by atoms with van der Waals surface area (Å²) in [5, 5.41) is 16.6. The van der Waals surface area contributed by atoms with Gasteiger partial charge in [0, 0.05) is 40.9 Å². The molecule has 4 aromatic rings. The Morgan fingerprint density at radius 3 is 2.37 bits per heavy atom. The second-order valence-electron chi connectivity index (χ2n) is 7.14. The van der Waals surface area contributed by atoms with Gasteiger partial charge in [-0.2, -0.15) is 0 Å². The molecule has 4 rings (SSSR count). The largest absolute Gasteiger partial charge is 0.387 e. The van der Waals surface area contributed by atoms with E-state index in [-0.39, 0.29) is 6.04 Å². The highest BCUT2D eigenvalue weighted by Crippen LogP contribution is 2.29. The Balaban J connectivity index is 1.57. The Morgan fingerprint density at radius 1 is 0.889 bits per heavy atom. The molecule has 1 aromatic heterocycles. The summed E-state index contributed by atoms with van der Waals surface area (Å²) < 4.78 is 2.36. The van der Waals surface area contributed by atoms with Crippen molar-refractivity contribution >= 4 is 21.8 Å². The average molecular weight is 358 g/mol. The van der Waals surface area contributed by atoms with E-state index in [0.717, 1.165) is 18.7 Å². The van der Waals surface area contributed by atoms with Gasteiger partial charge in [-0.1, -0.05) is 54.6 Å². The molecule has 3 heteroatoms. The monoisotopic (exact) mass is 358 g/mol. The molecule has 0 radical (unpaired) electrons. The molecule has 3 aromatic carbocycles. The number of aliphatic hydroxyl groups is 1. The van der Waals surface area contributed by atoms with Crippen LogP contribution in [0, 0.1) is 0 Å². The van der Waals surface area contributed by atoms with Crippen molar-refractivity contribution in [1.82, 2.24) is 9.88 Å². The van der Waals surface area contributed by atoms with Crippen LogP contribution in [-0.2, 0) is 13.1 Å². The number of para-hydroxylation sites is 1. The molecule has 2 N–H and O–H groups in total. The van der Waals surface area contributed by atoms with Crippen LogP contribution in [0.1, 0.15) is 31.1 Å². The zero-order valence-electron chi connectivity index (χ0n) is 15.9. The summed E-state index contributed by atoms with van der Waals surface area (Å²) in [4.78, 5) is 0. The van der Waals surface area contributed by atoms with Gasteiger partial charge in [-0.05, 0) is 43.2 Å². The summed E-state index contributed by atoms with van der Waals surface area (Å²) in [7, 11) is 0. The molecular formula is C24H26N2O. The van der Waals surface area contributed by atoms with Crippen molar-refractivity contribution in [3.05, 3.63) is 83.9 Å². The molecule has 0 saturated heterocycles. The van der Waals surface area contributed by atoms with Crippen LogP contribution in [-0.4, -0.2) is 15.7 Å². The van der Waals surface area contributed by atoms with Crippen molar-refractivity contribution < 1.29 is 5.11 Å². The van der Waals surface area contributed by atoms with Crippen LogP contribution in [0.4, 0.5) is 0 Å².